The zero-order chi connectivity index (χ0) is 8.15. The molecule has 11 heavy (non-hydrogen) atoms. The summed E-state index contributed by atoms with van der Waals surface area (Å²) in [5.41, 5.74) is 0. The number of hydrogen-bond donors (Lipinski definition) is 1. The normalized spacial score (nSPS) is 11.5. The van der Waals surface area contributed by atoms with Crippen molar-refractivity contribution in [1.82, 2.24) is 0 Å². The molecule has 0 rings (SSSR count). The first-order valence-corrected chi connectivity index (χ1v) is 2.89. The summed E-state index contributed by atoms with van der Waals surface area (Å²) in [6.07, 6.45) is -1.68. The molecule has 0 aliphatic rings. The average molecular weight is 231 g/mol. The fourth-order valence-electron chi connectivity index (χ4n) is 0.596. The number of rotatable bonds is 4. The maximum atomic E-state index is 10.3. The van der Waals surface area contributed by atoms with Gasteiger partial charge in [-0.2, -0.15) is 0 Å². The number of ketones is 1. The molecule has 0 saturated heterocycles. The molecule has 4 nitrogen and oxygen atoms in total. The van der Waals surface area contributed by atoms with E-state index in [0.717, 1.165) is 0 Å². The van der Waals surface area contributed by atoms with Gasteiger partial charge < -0.3 is 15.0 Å². The molecule has 0 aromatic rings. The first-order chi connectivity index (χ1) is 4.52. The van der Waals surface area contributed by atoms with Crippen LogP contribution in [0.5, 0.6) is 0 Å². The van der Waals surface area contributed by atoms with Crippen LogP contribution in [0.2, 0.25) is 0 Å². The van der Waals surface area contributed by atoms with Gasteiger partial charge in [-0.3, -0.25) is 4.79 Å². The number of hydrogen-bond acceptors (Lipinski definition) is 4. The van der Waals surface area contributed by atoms with Crippen molar-refractivity contribution < 1.29 is 78.0 Å². The number of aliphatic carboxylic acids is 1. The second-order valence-electron chi connectivity index (χ2n) is 2.14. The Balaban J connectivity index is 0. The van der Waals surface area contributed by atoms with Crippen LogP contribution in [0.3, 0.4) is 0 Å². The van der Waals surface area contributed by atoms with E-state index < -0.39 is 18.5 Å². The van der Waals surface area contributed by atoms with E-state index in [1.807, 2.05) is 0 Å². The number of Topliss-reactive ketones (excluding diaryl/α,β-unsaturated/α-hetero) is 1. The van der Waals surface area contributed by atoms with Gasteiger partial charge in [0.25, 0.3) is 0 Å². The Hall–Kier alpha value is 0.905. The summed E-state index contributed by atoms with van der Waals surface area (Å²) in [4.78, 5) is 20.1. The predicted octanol–water partition coefficient (Wildman–Crippen LogP) is -4.53. The number of aliphatic hydroxyl groups is 1. The molecule has 0 heterocycles. The van der Waals surface area contributed by atoms with Crippen molar-refractivity contribution in [2.75, 3.05) is 0 Å². The molecule has 0 aromatic heterocycles. The fraction of sp³-hybridized carbons (Fsp3) is 0.667. The number of carboxylic acid groups (broad SMARTS) is 1. The Labute approximate surface area is 114 Å². The Bertz CT molecular complexity index is 130. The van der Waals surface area contributed by atoms with E-state index in [4.69, 9.17) is 5.11 Å². The third-order valence-electron chi connectivity index (χ3n) is 0.925. The van der Waals surface area contributed by atoms with Gasteiger partial charge in [-0.1, -0.05) is 0 Å². The van der Waals surface area contributed by atoms with E-state index in [-0.39, 0.29) is 70.4 Å². The molecule has 0 aliphatic carbocycles. The van der Waals surface area contributed by atoms with Crippen molar-refractivity contribution in [2.24, 2.45) is 0 Å². The predicted molar refractivity (Wildman–Crippen MR) is 30.9 cm³/mol. The van der Waals surface area contributed by atoms with E-state index >= 15 is 0 Å². The van der Waals surface area contributed by atoms with Crippen LogP contribution in [0.4, 0.5) is 0 Å². The summed E-state index contributed by atoms with van der Waals surface area (Å²) in [6, 6.07) is 0. The molecular formula is C6H9O4Rb. The van der Waals surface area contributed by atoms with E-state index in [0.29, 0.717) is 0 Å². The van der Waals surface area contributed by atoms with Crippen molar-refractivity contribution >= 4 is 11.8 Å². The Kier molecular flexibility index (Phi) is 9.90. The van der Waals surface area contributed by atoms with E-state index in [1.54, 1.807) is 0 Å². The molecule has 0 radical (unpaired) electrons. The average Bonchev–Trinajstić information content (AvgIpc) is 1.58. The topological polar surface area (TPSA) is 77.4 Å². The van der Waals surface area contributed by atoms with Crippen molar-refractivity contribution in [2.45, 2.75) is 25.9 Å². The molecular weight excluding hydrogens is 222 g/mol. The van der Waals surface area contributed by atoms with E-state index in [1.165, 1.54) is 6.92 Å². The molecule has 0 saturated carbocycles. The molecule has 58 valence electrons. The second-order valence-corrected chi connectivity index (χ2v) is 2.14. The molecule has 5 heteroatoms. The first kappa shape index (κ1) is 14.4. The summed E-state index contributed by atoms with van der Waals surface area (Å²) in [6.45, 7) is 1.29. The van der Waals surface area contributed by atoms with Gasteiger partial charge >= 0.3 is 58.2 Å². The van der Waals surface area contributed by atoms with Crippen LogP contribution in [0.15, 0.2) is 0 Å². The van der Waals surface area contributed by atoms with E-state index in [2.05, 4.69) is 0 Å². The van der Waals surface area contributed by atoms with Crippen LogP contribution >= 0.6 is 0 Å². The van der Waals surface area contributed by atoms with Crippen LogP contribution in [-0.4, -0.2) is 23.0 Å². The maximum Gasteiger partial charge on any atom is 1.00 e. The molecule has 0 aromatic carbocycles. The van der Waals surface area contributed by atoms with E-state index in [9.17, 15) is 14.7 Å². The third-order valence-corrected chi connectivity index (χ3v) is 0.925. The fourth-order valence-corrected chi connectivity index (χ4v) is 0.596. The molecule has 1 unspecified atom stereocenters. The van der Waals surface area contributed by atoms with Gasteiger partial charge in [0.15, 0.2) is 0 Å². The summed E-state index contributed by atoms with van der Waals surface area (Å²) in [5, 5.41) is 18.6. The van der Waals surface area contributed by atoms with Crippen molar-refractivity contribution in [1.29, 1.82) is 0 Å². The molecule has 0 bridgehead atoms. The minimum Gasteiger partial charge on any atom is -0.550 e. The van der Waals surface area contributed by atoms with Gasteiger partial charge in [-0.25, -0.2) is 0 Å². The summed E-state index contributed by atoms with van der Waals surface area (Å²) >= 11 is 0. The van der Waals surface area contributed by atoms with Crippen LogP contribution in [0, 0.1) is 0 Å². The summed E-state index contributed by atoms with van der Waals surface area (Å²) in [7, 11) is 0. The summed E-state index contributed by atoms with van der Waals surface area (Å²) < 4.78 is 0. The number of carbonyl (C=O) groups excluding carboxylic acids is 2. The van der Waals surface area contributed by atoms with Gasteiger partial charge in [0, 0.05) is 18.8 Å². The van der Waals surface area contributed by atoms with Crippen molar-refractivity contribution in [3.8, 4) is 0 Å². The second kappa shape index (κ2) is 7.55. The van der Waals surface area contributed by atoms with Gasteiger partial charge in [0.2, 0.25) is 0 Å². The Morgan fingerprint density at radius 3 is 2.18 bits per heavy atom. The minimum absolute atomic E-state index is 0. The maximum absolute atomic E-state index is 10.3. The van der Waals surface area contributed by atoms with Crippen LogP contribution in [0.25, 0.3) is 0 Å². The monoisotopic (exact) mass is 230 g/mol. The summed E-state index contributed by atoms with van der Waals surface area (Å²) in [5.74, 6) is -1.57. The van der Waals surface area contributed by atoms with Crippen LogP contribution in [0.1, 0.15) is 19.8 Å². The number of aliphatic hydroxyl groups excluding tert-OH is 1. The van der Waals surface area contributed by atoms with Crippen LogP contribution in [-0.2, 0) is 9.59 Å². The Morgan fingerprint density at radius 2 is 1.91 bits per heavy atom. The molecule has 1 N–H and O–H groups in total. The van der Waals surface area contributed by atoms with Gasteiger partial charge in [0.1, 0.15) is 5.78 Å². The third kappa shape index (κ3) is 10.9. The number of carbonyl (C=O) groups is 2. The first-order valence-electron chi connectivity index (χ1n) is 2.89. The zero-order valence-electron chi connectivity index (χ0n) is 6.66. The molecule has 0 spiro atoms. The minimum atomic E-state index is -1.34. The van der Waals surface area contributed by atoms with Crippen molar-refractivity contribution in [3.05, 3.63) is 0 Å². The van der Waals surface area contributed by atoms with Gasteiger partial charge in [-0.15, -0.1) is 0 Å². The smallest absolute Gasteiger partial charge is 0.550 e. The van der Waals surface area contributed by atoms with Crippen molar-refractivity contribution in [3.63, 3.8) is 0 Å². The molecule has 1 atom stereocenters. The van der Waals surface area contributed by atoms with Gasteiger partial charge in [0.05, 0.1) is 6.10 Å². The van der Waals surface area contributed by atoms with Gasteiger partial charge in [-0.05, 0) is 6.92 Å². The largest absolute Gasteiger partial charge is 1.00 e. The Morgan fingerprint density at radius 1 is 1.45 bits per heavy atom. The zero-order valence-corrected chi connectivity index (χ0v) is 11.6. The molecule has 0 fully saturated rings. The molecule has 0 aliphatic heterocycles. The number of carboxylic acids is 1. The quantitative estimate of drug-likeness (QED) is 0.528. The van der Waals surface area contributed by atoms with Crippen LogP contribution < -0.4 is 63.3 Å². The molecule has 0 amide bonds. The standard InChI is InChI=1S/C6H10O4.Rb/c1-4(7)2-5(8)3-6(9)10;/h5,8H,2-3H2,1H3,(H,9,10);/q;+1/p-1. The SMILES string of the molecule is CC(=O)CC(O)CC(=O)[O-].[Rb+].